The summed E-state index contributed by atoms with van der Waals surface area (Å²) in [5, 5.41) is 6.54. The molecule has 122 valence electrons. The van der Waals surface area contributed by atoms with Gasteiger partial charge in [0.05, 0.1) is 11.1 Å². The summed E-state index contributed by atoms with van der Waals surface area (Å²) >= 11 is 11.0. The Morgan fingerprint density at radius 3 is 2.74 bits per heavy atom. The molecule has 0 radical (unpaired) electrons. The lowest BCUT2D eigenvalue weighted by atomic mass is 10.2. The van der Waals surface area contributed by atoms with E-state index in [1.807, 2.05) is 38.1 Å². The van der Waals surface area contributed by atoms with E-state index in [1.165, 1.54) is 12.1 Å². The third-order valence-electron chi connectivity index (χ3n) is 2.90. The zero-order chi connectivity index (χ0) is 16.8. The Bertz CT molecular complexity index is 694. The molecule has 0 heterocycles. The fourth-order valence-electron chi connectivity index (χ4n) is 1.93. The van der Waals surface area contributed by atoms with Crippen molar-refractivity contribution in [2.75, 3.05) is 5.32 Å². The topological polar surface area (TPSA) is 33.3 Å². The SMILES string of the molecule is CC(C)Oc1cccc(CNC(=S)Nc2ccc(F)c(Cl)c2)c1. The van der Waals surface area contributed by atoms with E-state index in [4.69, 9.17) is 28.6 Å². The van der Waals surface area contributed by atoms with E-state index >= 15 is 0 Å². The van der Waals surface area contributed by atoms with Crippen molar-refractivity contribution in [2.45, 2.75) is 26.5 Å². The maximum Gasteiger partial charge on any atom is 0.171 e. The lowest BCUT2D eigenvalue weighted by Gasteiger charge is -2.13. The number of halogens is 2. The predicted octanol–water partition coefficient (Wildman–Crippen LogP) is 4.75. The molecule has 0 aliphatic heterocycles. The molecule has 0 spiro atoms. The quantitative estimate of drug-likeness (QED) is 0.760. The molecular weight excluding hydrogens is 335 g/mol. The maximum atomic E-state index is 13.1. The second-order valence-electron chi connectivity index (χ2n) is 5.25. The molecule has 0 saturated carbocycles. The summed E-state index contributed by atoms with van der Waals surface area (Å²) in [5.74, 6) is 0.363. The van der Waals surface area contributed by atoms with Gasteiger partial charge in [0.2, 0.25) is 0 Å². The molecule has 0 aromatic heterocycles. The maximum absolute atomic E-state index is 13.1. The normalized spacial score (nSPS) is 10.5. The molecule has 0 amide bonds. The second-order valence-corrected chi connectivity index (χ2v) is 6.07. The van der Waals surface area contributed by atoms with Crippen LogP contribution < -0.4 is 15.4 Å². The van der Waals surface area contributed by atoms with Crippen molar-refractivity contribution in [2.24, 2.45) is 0 Å². The first-order chi connectivity index (χ1) is 10.9. The van der Waals surface area contributed by atoms with Crippen LogP contribution in [0.2, 0.25) is 5.02 Å². The van der Waals surface area contributed by atoms with E-state index in [1.54, 1.807) is 6.07 Å². The molecule has 2 aromatic rings. The fraction of sp³-hybridized carbons (Fsp3) is 0.235. The number of anilines is 1. The van der Waals surface area contributed by atoms with Crippen LogP contribution in [0.15, 0.2) is 42.5 Å². The number of nitrogens with one attached hydrogen (secondary N) is 2. The van der Waals surface area contributed by atoms with Gasteiger partial charge >= 0.3 is 0 Å². The molecule has 0 saturated heterocycles. The first-order valence-corrected chi connectivity index (χ1v) is 7.98. The number of rotatable bonds is 5. The van der Waals surface area contributed by atoms with Crippen molar-refractivity contribution in [3.8, 4) is 5.75 Å². The Labute approximate surface area is 145 Å². The molecule has 2 rings (SSSR count). The van der Waals surface area contributed by atoms with Gasteiger partial charge < -0.3 is 15.4 Å². The smallest absolute Gasteiger partial charge is 0.171 e. The molecule has 2 N–H and O–H groups in total. The third kappa shape index (κ3) is 5.69. The highest BCUT2D eigenvalue weighted by Gasteiger charge is 2.04. The zero-order valence-corrected chi connectivity index (χ0v) is 14.5. The number of benzene rings is 2. The van der Waals surface area contributed by atoms with E-state index < -0.39 is 5.82 Å². The third-order valence-corrected chi connectivity index (χ3v) is 3.44. The lowest BCUT2D eigenvalue weighted by molar-refractivity contribution is 0.242. The van der Waals surface area contributed by atoms with Crippen LogP contribution in [0, 0.1) is 5.82 Å². The number of ether oxygens (including phenoxy) is 1. The van der Waals surface area contributed by atoms with Gasteiger partial charge in [-0.05, 0) is 62.0 Å². The lowest BCUT2D eigenvalue weighted by Crippen LogP contribution is -2.27. The van der Waals surface area contributed by atoms with Crippen LogP contribution in [0.25, 0.3) is 0 Å². The summed E-state index contributed by atoms with van der Waals surface area (Å²) in [6.45, 7) is 4.52. The summed E-state index contributed by atoms with van der Waals surface area (Å²) in [6.07, 6.45) is 0.129. The Morgan fingerprint density at radius 2 is 2.04 bits per heavy atom. The van der Waals surface area contributed by atoms with E-state index in [0.717, 1.165) is 11.3 Å². The van der Waals surface area contributed by atoms with Gasteiger partial charge in [-0.25, -0.2) is 4.39 Å². The van der Waals surface area contributed by atoms with Crippen LogP contribution in [0.1, 0.15) is 19.4 Å². The first-order valence-electron chi connectivity index (χ1n) is 7.19. The summed E-state index contributed by atoms with van der Waals surface area (Å²) in [4.78, 5) is 0. The molecule has 23 heavy (non-hydrogen) atoms. The van der Waals surface area contributed by atoms with E-state index in [2.05, 4.69) is 10.6 Å². The van der Waals surface area contributed by atoms with Crippen molar-refractivity contribution in [1.82, 2.24) is 5.32 Å². The van der Waals surface area contributed by atoms with E-state index in [-0.39, 0.29) is 11.1 Å². The average molecular weight is 353 g/mol. The standard InChI is InChI=1S/C17H18ClFN2OS/c1-11(2)22-14-5-3-4-12(8-14)10-20-17(23)21-13-6-7-16(19)15(18)9-13/h3-9,11H,10H2,1-2H3,(H2,20,21,23). The van der Waals surface area contributed by atoms with Crippen molar-refractivity contribution < 1.29 is 9.13 Å². The molecule has 0 fully saturated rings. The fourth-order valence-corrected chi connectivity index (χ4v) is 2.30. The first kappa shape index (κ1) is 17.5. The van der Waals surface area contributed by atoms with Crippen LogP contribution in [0.4, 0.5) is 10.1 Å². The second kappa shape index (κ2) is 8.13. The predicted molar refractivity (Wildman–Crippen MR) is 96.7 cm³/mol. The molecule has 0 atom stereocenters. The van der Waals surface area contributed by atoms with Gasteiger partial charge in [0, 0.05) is 12.2 Å². The van der Waals surface area contributed by atoms with Crippen LogP contribution >= 0.6 is 23.8 Å². The molecule has 0 aliphatic rings. The van der Waals surface area contributed by atoms with Gasteiger partial charge in [0.1, 0.15) is 11.6 Å². The van der Waals surface area contributed by atoms with Gasteiger partial charge in [0.25, 0.3) is 0 Å². The largest absolute Gasteiger partial charge is 0.491 e. The molecular formula is C17H18ClFN2OS. The van der Waals surface area contributed by atoms with Crippen LogP contribution in [-0.4, -0.2) is 11.2 Å². The van der Waals surface area contributed by atoms with E-state index in [0.29, 0.717) is 17.3 Å². The Balaban J connectivity index is 1.90. The zero-order valence-electron chi connectivity index (χ0n) is 12.9. The minimum atomic E-state index is -0.460. The molecule has 3 nitrogen and oxygen atoms in total. The van der Waals surface area contributed by atoms with Crippen molar-refractivity contribution >= 4 is 34.6 Å². The number of hydrogen-bond donors (Lipinski definition) is 2. The number of hydrogen-bond acceptors (Lipinski definition) is 2. The minimum Gasteiger partial charge on any atom is -0.491 e. The summed E-state index contributed by atoms with van der Waals surface area (Å²) in [5.41, 5.74) is 1.68. The Morgan fingerprint density at radius 1 is 1.26 bits per heavy atom. The Hall–Kier alpha value is -1.85. The monoisotopic (exact) mass is 352 g/mol. The highest BCUT2D eigenvalue weighted by Crippen LogP contribution is 2.19. The minimum absolute atomic E-state index is 0.0522. The Kier molecular flexibility index (Phi) is 6.19. The summed E-state index contributed by atoms with van der Waals surface area (Å²) in [6, 6.07) is 12.2. The molecule has 2 aromatic carbocycles. The van der Waals surface area contributed by atoms with Gasteiger partial charge in [-0.2, -0.15) is 0 Å². The van der Waals surface area contributed by atoms with Crippen molar-refractivity contribution in [1.29, 1.82) is 0 Å². The van der Waals surface area contributed by atoms with Crippen LogP contribution in [-0.2, 0) is 6.54 Å². The van der Waals surface area contributed by atoms with Gasteiger partial charge in [-0.15, -0.1) is 0 Å². The van der Waals surface area contributed by atoms with Crippen LogP contribution in [0.3, 0.4) is 0 Å². The molecule has 6 heteroatoms. The highest BCUT2D eigenvalue weighted by molar-refractivity contribution is 7.80. The van der Waals surface area contributed by atoms with Crippen molar-refractivity contribution in [3.05, 3.63) is 58.9 Å². The van der Waals surface area contributed by atoms with Gasteiger partial charge in [-0.1, -0.05) is 23.7 Å². The average Bonchev–Trinajstić information content (AvgIpc) is 2.49. The molecule has 0 bridgehead atoms. The van der Waals surface area contributed by atoms with Gasteiger partial charge in [0.15, 0.2) is 5.11 Å². The summed E-state index contributed by atoms with van der Waals surface area (Å²) in [7, 11) is 0. The van der Waals surface area contributed by atoms with Crippen LogP contribution in [0.5, 0.6) is 5.75 Å². The van der Waals surface area contributed by atoms with E-state index in [9.17, 15) is 4.39 Å². The number of thiocarbonyl (C=S) groups is 1. The molecule has 0 aliphatic carbocycles. The highest BCUT2D eigenvalue weighted by atomic mass is 35.5. The van der Waals surface area contributed by atoms with Crippen molar-refractivity contribution in [3.63, 3.8) is 0 Å². The molecule has 0 unspecified atom stereocenters. The summed E-state index contributed by atoms with van der Waals surface area (Å²) < 4.78 is 18.8. The van der Waals surface area contributed by atoms with Gasteiger partial charge in [-0.3, -0.25) is 0 Å².